The van der Waals surface area contributed by atoms with Crippen molar-refractivity contribution in [1.29, 1.82) is 0 Å². The molecule has 2 aliphatic rings. The summed E-state index contributed by atoms with van der Waals surface area (Å²) >= 11 is 0. The Bertz CT molecular complexity index is 441. The van der Waals surface area contributed by atoms with Crippen molar-refractivity contribution in [2.45, 2.75) is 39.3 Å². The molecule has 1 aromatic rings. The van der Waals surface area contributed by atoms with E-state index >= 15 is 0 Å². The average molecular weight is 276 g/mol. The van der Waals surface area contributed by atoms with Gasteiger partial charge < -0.3 is 14.6 Å². The van der Waals surface area contributed by atoms with Crippen LogP contribution in [0, 0.1) is 17.8 Å². The van der Waals surface area contributed by atoms with Gasteiger partial charge in [-0.25, -0.2) is 0 Å². The molecular formula is C16H24N2O2. The first-order valence-corrected chi connectivity index (χ1v) is 7.69. The molecule has 4 nitrogen and oxygen atoms in total. The van der Waals surface area contributed by atoms with Crippen molar-refractivity contribution in [3.8, 4) is 0 Å². The van der Waals surface area contributed by atoms with Gasteiger partial charge in [-0.1, -0.05) is 0 Å². The first kappa shape index (κ1) is 13.7. The molecule has 1 aromatic heterocycles. The van der Waals surface area contributed by atoms with Gasteiger partial charge in [-0.05, 0) is 50.7 Å². The fourth-order valence-electron chi connectivity index (χ4n) is 3.81. The van der Waals surface area contributed by atoms with Gasteiger partial charge in [-0.2, -0.15) is 0 Å². The summed E-state index contributed by atoms with van der Waals surface area (Å²) in [6, 6.07) is 4.34. The summed E-state index contributed by atoms with van der Waals surface area (Å²) in [5, 5.41) is 3.05. The van der Waals surface area contributed by atoms with E-state index in [2.05, 4.69) is 24.1 Å². The van der Waals surface area contributed by atoms with Crippen LogP contribution in [0.25, 0.3) is 0 Å². The predicted octanol–water partition coefficient (Wildman–Crippen LogP) is 2.26. The average Bonchev–Trinajstić information content (AvgIpc) is 3.02. The normalized spacial score (nSPS) is 29.9. The number of nitrogens with zero attached hydrogens (tertiary/aromatic N) is 1. The first-order valence-electron chi connectivity index (χ1n) is 7.69. The van der Waals surface area contributed by atoms with E-state index in [0.29, 0.717) is 24.4 Å². The van der Waals surface area contributed by atoms with Crippen molar-refractivity contribution in [2.24, 2.45) is 17.8 Å². The number of furan rings is 1. The van der Waals surface area contributed by atoms with E-state index in [-0.39, 0.29) is 11.8 Å². The molecule has 2 bridgehead atoms. The van der Waals surface area contributed by atoms with E-state index in [4.69, 9.17) is 4.42 Å². The minimum atomic E-state index is 0.208. The summed E-state index contributed by atoms with van der Waals surface area (Å²) in [7, 11) is 0. The molecule has 1 saturated carbocycles. The van der Waals surface area contributed by atoms with E-state index in [1.807, 2.05) is 12.1 Å². The molecule has 1 amide bonds. The van der Waals surface area contributed by atoms with Gasteiger partial charge in [0.05, 0.1) is 12.8 Å². The predicted molar refractivity (Wildman–Crippen MR) is 77.0 cm³/mol. The molecular weight excluding hydrogens is 252 g/mol. The van der Waals surface area contributed by atoms with Crippen LogP contribution in [0.2, 0.25) is 0 Å². The van der Waals surface area contributed by atoms with Crippen LogP contribution in [0.1, 0.15) is 32.4 Å². The Labute approximate surface area is 120 Å². The maximum atomic E-state index is 12.5. The fourth-order valence-corrected chi connectivity index (χ4v) is 3.81. The Hall–Kier alpha value is -1.29. The number of hydrogen-bond acceptors (Lipinski definition) is 3. The Balaban J connectivity index is 1.59. The van der Waals surface area contributed by atoms with E-state index in [1.165, 1.54) is 12.8 Å². The van der Waals surface area contributed by atoms with Gasteiger partial charge in [0.2, 0.25) is 5.91 Å². The number of likely N-dealkylation sites (tertiary alicyclic amines) is 1. The Morgan fingerprint density at radius 1 is 1.40 bits per heavy atom. The second-order valence-electron chi connectivity index (χ2n) is 6.47. The standard InChI is InChI=1S/C16H24N2O2/c1-11(2)18-9-12-5-6-13(10-18)15(12)16(19)17-8-14-4-3-7-20-14/h3-4,7,11-13,15H,5-6,8-10H2,1-2H3,(H,17,19)/t12-,13+,15?. The van der Waals surface area contributed by atoms with Gasteiger partial charge in [0, 0.05) is 25.0 Å². The zero-order valence-corrected chi connectivity index (χ0v) is 12.3. The van der Waals surface area contributed by atoms with E-state index in [0.717, 1.165) is 18.8 Å². The van der Waals surface area contributed by atoms with E-state index in [9.17, 15) is 4.79 Å². The Morgan fingerprint density at radius 2 is 2.10 bits per heavy atom. The van der Waals surface area contributed by atoms with Crippen LogP contribution in [-0.2, 0) is 11.3 Å². The quantitative estimate of drug-likeness (QED) is 0.917. The third-order valence-corrected chi connectivity index (χ3v) is 4.91. The molecule has 3 atom stereocenters. The highest BCUT2D eigenvalue weighted by Gasteiger charge is 2.45. The molecule has 1 N–H and O–H groups in total. The monoisotopic (exact) mass is 276 g/mol. The molecule has 0 spiro atoms. The molecule has 1 unspecified atom stereocenters. The molecule has 0 aromatic carbocycles. The van der Waals surface area contributed by atoms with Crippen molar-refractivity contribution in [2.75, 3.05) is 13.1 Å². The molecule has 1 aliphatic heterocycles. The van der Waals surface area contributed by atoms with Crippen molar-refractivity contribution in [3.63, 3.8) is 0 Å². The molecule has 3 rings (SSSR count). The van der Waals surface area contributed by atoms with Crippen molar-refractivity contribution >= 4 is 5.91 Å². The fraction of sp³-hybridized carbons (Fsp3) is 0.688. The summed E-state index contributed by atoms with van der Waals surface area (Å²) < 4.78 is 5.27. The third-order valence-electron chi connectivity index (χ3n) is 4.91. The van der Waals surface area contributed by atoms with Crippen LogP contribution < -0.4 is 5.32 Å². The lowest BCUT2D eigenvalue weighted by atomic mass is 9.84. The number of piperidine rings is 1. The lowest BCUT2D eigenvalue weighted by molar-refractivity contribution is -0.129. The van der Waals surface area contributed by atoms with Gasteiger partial charge in [0.15, 0.2) is 0 Å². The highest BCUT2D eigenvalue weighted by Crippen LogP contribution is 2.42. The first-order chi connectivity index (χ1) is 9.65. The van der Waals surface area contributed by atoms with Crippen LogP contribution in [0.15, 0.2) is 22.8 Å². The van der Waals surface area contributed by atoms with Crippen molar-refractivity contribution < 1.29 is 9.21 Å². The summed E-state index contributed by atoms with van der Waals surface area (Å²) in [6.07, 6.45) is 4.05. The van der Waals surface area contributed by atoms with Crippen LogP contribution in [0.4, 0.5) is 0 Å². The zero-order chi connectivity index (χ0) is 14.1. The SMILES string of the molecule is CC(C)N1C[C@H]2CC[C@@H](C1)C2C(=O)NCc1ccco1. The number of fused-ring (bicyclic) bond motifs is 2. The van der Waals surface area contributed by atoms with Crippen molar-refractivity contribution in [1.82, 2.24) is 10.2 Å². The zero-order valence-electron chi connectivity index (χ0n) is 12.3. The minimum absolute atomic E-state index is 0.208. The van der Waals surface area contributed by atoms with Crippen LogP contribution in [0.3, 0.4) is 0 Å². The Kier molecular flexibility index (Phi) is 3.83. The number of nitrogens with one attached hydrogen (secondary N) is 1. The summed E-state index contributed by atoms with van der Waals surface area (Å²) in [4.78, 5) is 15.0. The third kappa shape index (κ3) is 2.62. The second-order valence-corrected chi connectivity index (χ2v) is 6.47. The van der Waals surface area contributed by atoms with Gasteiger partial charge >= 0.3 is 0 Å². The summed E-state index contributed by atoms with van der Waals surface area (Å²) in [6.45, 7) is 7.16. The molecule has 110 valence electrons. The largest absolute Gasteiger partial charge is 0.467 e. The molecule has 1 aliphatic carbocycles. The van der Waals surface area contributed by atoms with E-state index in [1.54, 1.807) is 6.26 Å². The number of amides is 1. The van der Waals surface area contributed by atoms with E-state index < -0.39 is 0 Å². The number of hydrogen-bond donors (Lipinski definition) is 1. The highest BCUT2D eigenvalue weighted by atomic mass is 16.3. The highest BCUT2D eigenvalue weighted by molar-refractivity contribution is 5.79. The van der Waals surface area contributed by atoms with Crippen LogP contribution in [-0.4, -0.2) is 29.9 Å². The van der Waals surface area contributed by atoms with Gasteiger partial charge in [0.1, 0.15) is 5.76 Å². The van der Waals surface area contributed by atoms with Crippen LogP contribution in [0.5, 0.6) is 0 Å². The maximum absolute atomic E-state index is 12.5. The lowest BCUT2D eigenvalue weighted by Crippen LogP contribution is -2.49. The molecule has 2 fully saturated rings. The molecule has 1 saturated heterocycles. The van der Waals surface area contributed by atoms with Crippen LogP contribution >= 0.6 is 0 Å². The number of carbonyl (C=O) groups is 1. The molecule has 4 heteroatoms. The minimum Gasteiger partial charge on any atom is -0.467 e. The molecule has 20 heavy (non-hydrogen) atoms. The Morgan fingerprint density at radius 3 is 2.65 bits per heavy atom. The van der Waals surface area contributed by atoms with Crippen molar-refractivity contribution in [3.05, 3.63) is 24.2 Å². The maximum Gasteiger partial charge on any atom is 0.224 e. The topological polar surface area (TPSA) is 45.5 Å². The van der Waals surface area contributed by atoms with Gasteiger partial charge in [-0.15, -0.1) is 0 Å². The number of rotatable bonds is 4. The van der Waals surface area contributed by atoms with Gasteiger partial charge in [-0.3, -0.25) is 4.79 Å². The number of carbonyl (C=O) groups excluding carboxylic acids is 1. The smallest absolute Gasteiger partial charge is 0.224 e. The summed E-state index contributed by atoms with van der Waals surface area (Å²) in [5.74, 6) is 2.32. The lowest BCUT2D eigenvalue weighted by Gasteiger charge is -2.39. The summed E-state index contributed by atoms with van der Waals surface area (Å²) in [5.41, 5.74) is 0. The molecule has 2 heterocycles. The molecule has 0 radical (unpaired) electrons. The van der Waals surface area contributed by atoms with Gasteiger partial charge in [0.25, 0.3) is 0 Å². The second kappa shape index (κ2) is 5.60.